The van der Waals surface area contributed by atoms with Crippen LogP contribution in [0.5, 0.6) is 11.5 Å². The highest BCUT2D eigenvalue weighted by Crippen LogP contribution is 2.35. The van der Waals surface area contributed by atoms with Crippen molar-refractivity contribution in [1.29, 1.82) is 0 Å². The molecule has 2 rings (SSSR count). The zero-order valence-corrected chi connectivity index (χ0v) is 20.2. The molecule has 1 aliphatic rings. The minimum absolute atomic E-state index is 0.110. The Morgan fingerprint density at radius 3 is 1.86 bits per heavy atom. The van der Waals surface area contributed by atoms with Crippen molar-refractivity contribution in [2.45, 2.75) is 65.3 Å². The van der Waals surface area contributed by atoms with Gasteiger partial charge in [-0.15, -0.1) is 0 Å². The summed E-state index contributed by atoms with van der Waals surface area (Å²) in [6.07, 6.45) is -6.66. The smallest absolute Gasteiger partial charge is 0.303 e. The highest BCUT2D eigenvalue weighted by molar-refractivity contribution is 5.94. The van der Waals surface area contributed by atoms with Crippen LogP contribution in [0.4, 0.5) is 0 Å². The summed E-state index contributed by atoms with van der Waals surface area (Å²) in [5, 5.41) is 0. The van der Waals surface area contributed by atoms with Crippen LogP contribution in [0, 0.1) is 0 Å². The van der Waals surface area contributed by atoms with E-state index < -0.39 is 61.2 Å². The maximum absolute atomic E-state index is 11.9. The Labute approximate surface area is 201 Å². The minimum atomic E-state index is -1.42. The highest BCUT2D eigenvalue weighted by atomic mass is 16.7. The number of ketones is 1. The summed E-state index contributed by atoms with van der Waals surface area (Å²) < 4.78 is 38.2. The largest absolute Gasteiger partial charge is 0.493 e. The van der Waals surface area contributed by atoms with Crippen LogP contribution in [-0.2, 0) is 42.9 Å². The molecule has 0 radical (unpaired) electrons. The maximum Gasteiger partial charge on any atom is 0.303 e. The molecule has 1 saturated heterocycles. The van der Waals surface area contributed by atoms with E-state index in [1.54, 1.807) is 0 Å². The van der Waals surface area contributed by atoms with E-state index in [9.17, 15) is 24.0 Å². The Morgan fingerprint density at radius 1 is 0.771 bits per heavy atom. The lowest BCUT2D eigenvalue weighted by Crippen LogP contribution is -2.63. The molecule has 35 heavy (non-hydrogen) atoms. The third-order valence-electron chi connectivity index (χ3n) is 4.76. The second kappa shape index (κ2) is 12.2. The molecule has 1 aromatic carbocycles. The van der Waals surface area contributed by atoms with Crippen molar-refractivity contribution in [3.63, 3.8) is 0 Å². The van der Waals surface area contributed by atoms with Crippen LogP contribution >= 0.6 is 0 Å². The Bertz CT molecular complexity index is 971. The zero-order chi connectivity index (χ0) is 26.3. The molecule has 5 atom stereocenters. The third-order valence-corrected chi connectivity index (χ3v) is 4.76. The first-order valence-corrected chi connectivity index (χ1v) is 10.6. The van der Waals surface area contributed by atoms with Gasteiger partial charge in [0.25, 0.3) is 0 Å². The highest BCUT2D eigenvalue weighted by Gasteiger charge is 2.53. The third kappa shape index (κ3) is 7.67. The second-order valence-corrected chi connectivity index (χ2v) is 7.61. The predicted molar refractivity (Wildman–Crippen MR) is 116 cm³/mol. The van der Waals surface area contributed by atoms with Crippen molar-refractivity contribution < 1.29 is 57.1 Å². The molecule has 192 valence electrons. The molecule has 0 aliphatic carbocycles. The van der Waals surface area contributed by atoms with Crippen molar-refractivity contribution in [1.82, 2.24) is 0 Å². The molecule has 12 nitrogen and oxygen atoms in total. The summed E-state index contributed by atoms with van der Waals surface area (Å²) in [5.74, 6) is -2.83. The van der Waals surface area contributed by atoms with Crippen molar-refractivity contribution in [2.75, 3.05) is 13.7 Å². The minimum Gasteiger partial charge on any atom is -0.493 e. The Hall–Kier alpha value is -3.67. The number of benzene rings is 1. The Balaban J connectivity index is 2.52. The second-order valence-electron chi connectivity index (χ2n) is 7.61. The van der Waals surface area contributed by atoms with E-state index in [0.29, 0.717) is 5.56 Å². The number of hydrogen-bond acceptors (Lipinski definition) is 12. The number of ether oxygens (including phenoxy) is 7. The fourth-order valence-electron chi connectivity index (χ4n) is 3.39. The van der Waals surface area contributed by atoms with Gasteiger partial charge < -0.3 is 33.2 Å². The molecule has 0 spiro atoms. The lowest BCUT2D eigenvalue weighted by molar-refractivity contribution is -0.288. The van der Waals surface area contributed by atoms with Gasteiger partial charge in [0, 0.05) is 33.3 Å². The first-order chi connectivity index (χ1) is 16.4. The van der Waals surface area contributed by atoms with Crippen molar-refractivity contribution in [3.05, 3.63) is 23.8 Å². The maximum atomic E-state index is 11.9. The number of Topliss-reactive ketones (excluding diaryl/α,β-unsaturated/α-hetero) is 1. The fraction of sp³-hybridized carbons (Fsp3) is 0.522. The summed E-state index contributed by atoms with van der Waals surface area (Å²) in [5.41, 5.74) is 0.357. The van der Waals surface area contributed by atoms with E-state index in [-0.39, 0.29) is 17.3 Å². The van der Waals surface area contributed by atoms with E-state index in [0.717, 1.165) is 20.8 Å². The number of rotatable bonds is 9. The van der Waals surface area contributed by atoms with Gasteiger partial charge in [-0.25, -0.2) is 0 Å². The van der Waals surface area contributed by atoms with Crippen molar-refractivity contribution in [3.8, 4) is 11.5 Å². The number of carbonyl (C=O) groups is 5. The normalized spacial score (nSPS) is 23.4. The van der Waals surface area contributed by atoms with E-state index in [4.69, 9.17) is 33.2 Å². The van der Waals surface area contributed by atoms with Crippen LogP contribution in [0.3, 0.4) is 0 Å². The summed E-state index contributed by atoms with van der Waals surface area (Å²) in [6.45, 7) is 5.53. The number of esters is 4. The number of carbonyl (C=O) groups excluding carboxylic acids is 5. The number of methoxy groups -OCH3 is 1. The lowest BCUT2D eigenvalue weighted by atomic mass is 9.98. The quantitative estimate of drug-likeness (QED) is 0.276. The standard InChI is InChI=1S/C23H28O12/c1-11(24)16-7-8-17(18(9-16)29-6)34-23-22(33-15(5)28)21(32-14(4)27)20(31-13(3)26)19(35-23)10-30-12(2)25/h7-9,19-23H,10H2,1-6H3. The SMILES string of the molecule is COc1cc(C(C)=O)ccc1OC1OC(COC(C)=O)C(OC(C)=O)C(OC(C)=O)C1OC(C)=O. The van der Waals surface area contributed by atoms with Gasteiger partial charge in [-0.1, -0.05) is 0 Å². The average molecular weight is 496 g/mol. The van der Waals surface area contributed by atoms with E-state index >= 15 is 0 Å². The van der Waals surface area contributed by atoms with E-state index in [1.165, 1.54) is 39.2 Å². The van der Waals surface area contributed by atoms with E-state index in [1.807, 2.05) is 0 Å². The summed E-state index contributed by atoms with van der Waals surface area (Å²) in [6, 6.07) is 4.39. The van der Waals surface area contributed by atoms with Crippen LogP contribution in [0.1, 0.15) is 45.0 Å². The van der Waals surface area contributed by atoms with Gasteiger partial charge >= 0.3 is 23.9 Å². The molecule has 0 bridgehead atoms. The average Bonchev–Trinajstić information content (AvgIpc) is 2.75. The van der Waals surface area contributed by atoms with Gasteiger partial charge in [-0.3, -0.25) is 24.0 Å². The van der Waals surface area contributed by atoms with Crippen LogP contribution in [-0.4, -0.2) is 74.1 Å². The van der Waals surface area contributed by atoms with Crippen LogP contribution in [0.2, 0.25) is 0 Å². The molecule has 1 fully saturated rings. The van der Waals surface area contributed by atoms with Crippen LogP contribution < -0.4 is 9.47 Å². The van der Waals surface area contributed by atoms with Crippen LogP contribution in [0.25, 0.3) is 0 Å². The molecule has 1 heterocycles. The summed E-state index contributed by atoms with van der Waals surface area (Å²) >= 11 is 0. The number of hydrogen-bond donors (Lipinski definition) is 0. The van der Waals surface area contributed by atoms with Gasteiger partial charge in [-0.05, 0) is 25.1 Å². The summed E-state index contributed by atoms with van der Waals surface area (Å²) in [7, 11) is 1.36. The van der Waals surface area contributed by atoms with Gasteiger partial charge in [-0.2, -0.15) is 0 Å². The molecule has 12 heteroatoms. The van der Waals surface area contributed by atoms with Gasteiger partial charge in [0.2, 0.25) is 12.4 Å². The predicted octanol–water partition coefficient (Wildman–Crippen LogP) is 1.36. The van der Waals surface area contributed by atoms with Crippen molar-refractivity contribution in [2.24, 2.45) is 0 Å². The fourth-order valence-corrected chi connectivity index (χ4v) is 3.39. The molecule has 1 aliphatic heterocycles. The van der Waals surface area contributed by atoms with Crippen LogP contribution in [0.15, 0.2) is 18.2 Å². The molecule has 1 aromatic rings. The van der Waals surface area contributed by atoms with Crippen molar-refractivity contribution >= 4 is 29.7 Å². The molecule has 0 amide bonds. The zero-order valence-electron chi connectivity index (χ0n) is 20.2. The monoisotopic (exact) mass is 496 g/mol. The molecule has 0 saturated carbocycles. The van der Waals surface area contributed by atoms with Gasteiger partial charge in [0.05, 0.1) is 7.11 Å². The van der Waals surface area contributed by atoms with Gasteiger partial charge in [0.1, 0.15) is 12.7 Å². The molecule has 0 aromatic heterocycles. The summed E-state index contributed by atoms with van der Waals surface area (Å²) in [4.78, 5) is 58.7. The molecule has 0 N–H and O–H groups in total. The molecular formula is C23H28O12. The lowest BCUT2D eigenvalue weighted by Gasteiger charge is -2.44. The van der Waals surface area contributed by atoms with E-state index in [2.05, 4.69) is 0 Å². The molecular weight excluding hydrogens is 468 g/mol. The van der Waals surface area contributed by atoms with Gasteiger partial charge in [0.15, 0.2) is 29.5 Å². The first-order valence-electron chi connectivity index (χ1n) is 10.6. The first kappa shape index (κ1) is 27.6. The topological polar surface area (TPSA) is 150 Å². The Morgan fingerprint density at radius 2 is 1.34 bits per heavy atom. The molecule has 5 unspecified atom stereocenters. The Kier molecular flexibility index (Phi) is 9.58.